The summed E-state index contributed by atoms with van der Waals surface area (Å²) >= 11 is 1.56. The number of thioether (sulfide) groups is 1. The lowest BCUT2D eigenvalue weighted by atomic mass is 10.2. The van der Waals surface area contributed by atoms with Gasteiger partial charge in [0.15, 0.2) is 0 Å². The molecule has 0 saturated carbocycles. The van der Waals surface area contributed by atoms with Gasteiger partial charge in [0.1, 0.15) is 5.69 Å². The van der Waals surface area contributed by atoms with Crippen molar-refractivity contribution in [2.75, 3.05) is 37.2 Å². The molecule has 0 unspecified atom stereocenters. The predicted octanol–water partition coefficient (Wildman–Crippen LogP) is 3.85. The van der Waals surface area contributed by atoms with Gasteiger partial charge in [0.2, 0.25) is 0 Å². The summed E-state index contributed by atoms with van der Waals surface area (Å²) in [5.41, 5.74) is 0.824. The molecule has 0 spiro atoms. The largest absolute Gasteiger partial charge is 0.379 e. The molecule has 0 fully saturated rings. The quantitative estimate of drug-likeness (QED) is 0.404. The average molecular weight is 311 g/mol. The topological polar surface area (TPSA) is 58.4 Å². The zero-order valence-corrected chi connectivity index (χ0v) is 13.9. The summed E-state index contributed by atoms with van der Waals surface area (Å²) in [6.07, 6.45) is 0.941. The molecule has 0 heterocycles. The van der Waals surface area contributed by atoms with Crippen molar-refractivity contribution in [2.24, 2.45) is 0 Å². The van der Waals surface area contributed by atoms with Gasteiger partial charge >= 0.3 is 5.69 Å². The molecule has 0 amide bonds. The average Bonchev–Trinajstić information content (AvgIpc) is 2.49. The highest BCUT2D eigenvalue weighted by Crippen LogP contribution is 2.35. The fraction of sp³-hybridized carbons (Fsp3) is 0.600. The van der Waals surface area contributed by atoms with E-state index >= 15 is 0 Å². The molecule has 118 valence electrons. The highest BCUT2D eigenvalue weighted by molar-refractivity contribution is 7.99. The minimum atomic E-state index is -0.280. The standard InChI is InChI=1S/C15H25N3O2S/c1-4-10-16-13-8-7-9-14(15(13)18(19)20)21-12-11-17(5-2)6-3/h7-9,16H,4-6,10-12H2,1-3H3. The maximum Gasteiger partial charge on any atom is 0.305 e. The Hall–Kier alpha value is -1.27. The highest BCUT2D eigenvalue weighted by Gasteiger charge is 2.19. The van der Waals surface area contributed by atoms with Gasteiger partial charge in [-0.1, -0.05) is 26.8 Å². The number of nitrogens with one attached hydrogen (secondary N) is 1. The molecule has 0 aliphatic heterocycles. The first-order valence-corrected chi connectivity index (χ1v) is 8.48. The van der Waals surface area contributed by atoms with Gasteiger partial charge in [0, 0.05) is 18.8 Å². The van der Waals surface area contributed by atoms with Crippen molar-refractivity contribution < 1.29 is 4.92 Å². The molecule has 5 nitrogen and oxygen atoms in total. The first-order chi connectivity index (χ1) is 10.1. The lowest BCUT2D eigenvalue weighted by Crippen LogP contribution is -2.25. The maximum absolute atomic E-state index is 11.4. The molecule has 0 radical (unpaired) electrons. The van der Waals surface area contributed by atoms with Crippen LogP contribution in [0, 0.1) is 10.1 Å². The van der Waals surface area contributed by atoms with Crippen LogP contribution in [-0.2, 0) is 0 Å². The number of nitro groups is 1. The Labute approximate surface area is 131 Å². The molecular weight excluding hydrogens is 286 g/mol. The van der Waals surface area contributed by atoms with Crippen LogP contribution >= 0.6 is 11.8 Å². The van der Waals surface area contributed by atoms with Crippen molar-refractivity contribution in [3.63, 3.8) is 0 Å². The van der Waals surface area contributed by atoms with Crippen molar-refractivity contribution >= 4 is 23.1 Å². The van der Waals surface area contributed by atoms with E-state index in [1.165, 1.54) is 0 Å². The number of nitro benzene ring substituents is 1. The zero-order chi connectivity index (χ0) is 15.7. The lowest BCUT2D eigenvalue weighted by Gasteiger charge is -2.17. The third-order valence-electron chi connectivity index (χ3n) is 3.31. The Morgan fingerprint density at radius 3 is 2.57 bits per heavy atom. The Morgan fingerprint density at radius 2 is 2.00 bits per heavy atom. The molecular formula is C15H25N3O2S. The molecule has 6 heteroatoms. The smallest absolute Gasteiger partial charge is 0.305 e. The molecule has 1 N–H and O–H groups in total. The molecule has 0 aliphatic carbocycles. The second-order valence-electron chi connectivity index (χ2n) is 4.71. The Morgan fingerprint density at radius 1 is 1.29 bits per heavy atom. The zero-order valence-electron chi connectivity index (χ0n) is 13.1. The van der Waals surface area contributed by atoms with Crippen LogP contribution in [0.3, 0.4) is 0 Å². The monoisotopic (exact) mass is 311 g/mol. The third-order valence-corrected chi connectivity index (χ3v) is 4.33. The summed E-state index contributed by atoms with van der Waals surface area (Å²) in [5, 5.41) is 14.5. The van der Waals surface area contributed by atoms with Crippen molar-refractivity contribution in [2.45, 2.75) is 32.1 Å². The number of rotatable bonds is 10. The van der Waals surface area contributed by atoms with Crippen LogP contribution in [0.1, 0.15) is 27.2 Å². The van der Waals surface area contributed by atoms with Gasteiger partial charge in [-0.15, -0.1) is 11.8 Å². The van der Waals surface area contributed by atoms with E-state index in [2.05, 4.69) is 24.1 Å². The van der Waals surface area contributed by atoms with Gasteiger partial charge in [0.05, 0.1) is 9.82 Å². The fourth-order valence-electron chi connectivity index (χ4n) is 2.05. The molecule has 1 aromatic carbocycles. The molecule has 1 rings (SSSR count). The van der Waals surface area contributed by atoms with Gasteiger partial charge in [-0.25, -0.2) is 0 Å². The van der Waals surface area contributed by atoms with E-state index in [1.807, 2.05) is 19.1 Å². The number of hydrogen-bond acceptors (Lipinski definition) is 5. The van der Waals surface area contributed by atoms with Crippen LogP contribution in [0.15, 0.2) is 23.1 Å². The highest BCUT2D eigenvalue weighted by atomic mass is 32.2. The van der Waals surface area contributed by atoms with E-state index in [-0.39, 0.29) is 10.6 Å². The Kier molecular flexibility index (Phi) is 8.15. The number of nitrogens with zero attached hydrogens (tertiary/aromatic N) is 2. The summed E-state index contributed by atoms with van der Waals surface area (Å²) in [6, 6.07) is 5.50. The van der Waals surface area contributed by atoms with Crippen molar-refractivity contribution in [1.29, 1.82) is 0 Å². The molecule has 21 heavy (non-hydrogen) atoms. The molecule has 0 aliphatic rings. The Balaban J connectivity index is 2.78. The lowest BCUT2D eigenvalue weighted by molar-refractivity contribution is -0.386. The fourth-order valence-corrected chi connectivity index (χ4v) is 3.12. The van der Waals surface area contributed by atoms with Crippen LogP contribution in [0.4, 0.5) is 11.4 Å². The van der Waals surface area contributed by atoms with Gasteiger partial charge in [-0.2, -0.15) is 0 Å². The number of benzene rings is 1. The van der Waals surface area contributed by atoms with Crippen LogP contribution < -0.4 is 5.32 Å². The predicted molar refractivity (Wildman–Crippen MR) is 90.4 cm³/mol. The third kappa shape index (κ3) is 5.55. The van der Waals surface area contributed by atoms with Gasteiger partial charge in [-0.05, 0) is 31.6 Å². The Bertz CT molecular complexity index is 451. The SMILES string of the molecule is CCCNc1cccc(SCCN(CC)CC)c1[N+](=O)[O-]. The summed E-state index contributed by atoms with van der Waals surface area (Å²) in [6.45, 7) is 10.0. The van der Waals surface area contributed by atoms with Crippen LogP contribution in [0.2, 0.25) is 0 Å². The van der Waals surface area contributed by atoms with E-state index < -0.39 is 0 Å². The van der Waals surface area contributed by atoms with E-state index in [4.69, 9.17) is 0 Å². The first-order valence-electron chi connectivity index (χ1n) is 7.50. The number of hydrogen-bond donors (Lipinski definition) is 1. The van der Waals surface area contributed by atoms with Crippen molar-refractivity contribution in [3.8, 4) is 0 Å². The van der Waals surface area contributed by atoms with Crippen LogP contribution in [-0.4, -0.2) is 41.8 Å². The second-order valence-corrected chi connectivity index (χ2v) is 5.85. The van der Waals surface area contributed by atoms with Gasteiger partial charge in [0.25, 0.3) is 0 Å². The van der Waals surface area contributed by atoms with E-state index in [1.54, 1.807) is 17.8 Å². The molecule has 1 aromatic rings. The maximum atomic E-state index is 11.4. The van der Waals surface area contributed by atoms with Gasteiger partial charge in [-0.3, -0.25) is 10.1 Å². The minimum absolute atomic E-state index is 0.204. The van der Waals surface area contributed by atoms with Crippen molar-refractivity contribution in [3.05, 3.63) is 28.3 Å². The molecule has 0 atom stereocenters. The molecule has 0 saturated heterocycles. The summed E-state index contributed by atoms with van der Waals surface area (Å²) in [4.78, 5) is 14.1. The van der Waals surface area contributed by atoms with Gasteiger partial charge < -0.3 is 10.2 Å². The second kappa shape index (κ2) is 9.63. The summed E-state index contributed by atoms with van der Waals surface area (Å²) < 4.78 is 0. The van der Waals surface area contributed by atoms with E-state index in [9.17, 15) is 10.1 Å². The normalized spacial score (nSPS) is 10.9. The van der Waals surface area contributed by atoms with Crippen molar-refractivity contribution in [1.82, 2.24) is 4.90 Å². The number of para-hydroxylation sites is 1. The summed E-state index contributed by atoms with van der Waals surface area (Å²) in [5.74, 6) is 0.861. The van der Waals surface area contributed by atoms with E-state index in [0.717, 1.165) is 43.2 Å². The molecule has 0 aromatic heterocycles. The molecule has 0 bridgehead atoms. The van der Waals surface area contributed by atoms with E-state index in [0.29, 0.717) is 5.69 Å². The first kappa shape index (κ1) is 17.8. The van der Waals surface area contributed by atoms with Crippen LogP contribution in [0.5, 0.6) is 0 Å². The minimum Gasteiger partial charge on any atom is -0.379 e. The summed E-state index contributed by atoms with van der Waals surface area (Å²) in [7, 11) is 0. The number of anilines is 1. The van der Waals surface area contributed by atoms with Crippen LogP contribution in [0.25, 0.3) is 0 Å².